The molecule has 2 heterocycles. The Kier molecular flexibility index (Phi) is 5.20. The van der Waals surface area contributed by atoms with Crippen molar-refractivity contribution in [2.45, 2.75) is 6.42 Å². The third-order valence-corrected chi connectivity index (χ3v) is 5.27. The highest BCUT2D eigenvalue weighted by Gasteiger charge is 2.30. The van der Waals surface area contributed by atoms with Gasteiger partial charge in [0, 0.05) is 50.0 Å². The number of fused-ring (bicyclic) bond motifs is 1. The number of nitro groups is 1. The van der Waals surface area contributed by atoms with E-state index >= 15 is 0 Å². The number of anilines is 2. The molecule has 0 atom stereocenters. The van der Waals surface area contributed by atoms with Crippen LogP contribution in [0.15, 0.2) is 36.4 Å². The molecule has 4 rings (SSSR count). The predicted molar refractivity (Wildman–Crippen MR) is 106 cm³/mol. The predicted octanol–water partition coefficient (Wildman–Crippen LogP) is 2.43. The van der Waals surface area contributed by atoms with E-state index in [0.29, 0.717) is 37.6 Å². The number of ether oxygens (including phenoxy) is 1. The van der Waals surface area contributed by atoms with Crippen LogP contribution >= 0.6 is 0 Å². The van der Waals surface area contributed by atoms with Crippen LogP contribution in [0.2, 0.25) is 0 Å². The molecule has 0 unspecified atom stereocenters. The van der Waals surface area contributed by atoms with E-state index in [0.717, 1.165) is 24.2 Å². The minimum atomic E-state index is -0.364. The summed E-state index contributed by atoms with van der Waals surface area (Å²) in [6.07, 6.45) is 0.747. The van der Waals surface area contributed by atoms with E-state index in [2.05, 4.69) is 5.32 Å². The molecule has 0 spiro atoms. The van der Waals surface area contributed by atoms with Crippen LogP contribution in [0.3, 0.4) is 0 Å². The molecule has 2 aromatic rings. The van der Waals surface area contributed by atoms with E-state index in [1.807, 2.05) is 4.90 Å². The molecule has 2 aliphatic rings. The minimum absolute atomic E-state index is 0.104. The van der Waals surface area contributed by atoms with E-state index in [9.17, 15) is 19.3 Å². The molecule has 0 aliphatic carbocycles. The van der Waals surface area contributed by atoms with Crippen molar-refractivity contribution in [3.63, 3.8) is 0 Å². The summed E-state index contributed by atoms with van der Waals surface area (Å²) in [4.78, 5) is 27.3. The lowest BCUT2D eigenvalue weighted by Crippen LogP contribution is -2.50. The number of nitro benzene ring substituents is 1. The minimum Gasteiger partial charge on any atom is -0.484 e. The Morgan fingerprint density at radius 1 is 1.14 bits per heavy atom. The Hall–Kier alpha value is -3.36. The summed E-state index contributed by atoms with van der Waals surface area (Å²) < 4.78 is 18.4. The highest BCUT2D eigenvalue weighted by molar-refractivity contribution is 5.80. The van der Waals surface area contributed by atoms with Gasteiger partial charge < -0.3 is 19.9 Å². The van der Waals surface area contributed by atoms with Crippen LogP contribution < -0.4 is 15.0 Å². The van der Waals surface area contributed by atoms with Gasteiger partial charge in [0.15, 0.2) is 6.61 Å². The normalized spacial score (nSPS) is 15.6. The van der Waals surface area contributed by atoms with Gasteiger partial charge in [0.05, 0.1) is 4.92 Å². The first-order chi connectivity index (χ1) is 14.0. The Balaban J connectivity index is 1.40. The van der Waals surface area contributed by atoms with Crippen LogP contribution in [0.25, 0.3) is 0 Å². The van der Waals surface area contributed by atoms with Crippen molar-refractivity contribution in [1.82, 2.24) is 4.90 Å². The second-order valence-corrected chi connectivity index (χ2v) is 7.00. The Morgan fingerprint density at radius 2 is 1.86 bits per heavy atom. The molecule has 1 fully saturated rings. The van der Waals surface area contributed by atoms with Gasteiger partial charge in [0.2, 0.25) is 0 Å². The molecule has 8 nitrogen and oxygen atoms in total. The number of halogens is 1. The number of benzene rings is 2. The number of rotatable bonds is 5. The van der Waals surface area contributed by atoms with Crippen molar-refractivity contribution in [2.75, 3.05) is 49.5 Å². The zero-order chi connectivity index (χ0) is 20.4. The van der Waals surface area contributed by atoms with E-state index < -0.39 is 0 Å². The SMILES string of the molecule is O=C(COc1ccc(F)cc1)N1CCN(c2c([N+](=O)[O-])ccc3c2CCN3)CC1. The summed E-state index contributed by atoms with van der Waals surface area (Å²) in [7, 11) is 0. The second kappa shape index (κ2) is 7.94. The molecule has 1 amide bonds. The lowest BCUT2D eigenvalue weighted by Gasteiger charge is -2.36. The van der Waals surface area contributed by atoms with Crippen molar-refractivity contribution in [2.24, 2.45) is 0 Å². The highest BCUT2D eigenvalue weighted by Crippen LogP contribution is 2.39. The maximum Gasteiger partial charge on any atom is 0.292 e. The van der Waals surface area contributed by atoms with Crippen LogP contribution in [-0.2, 0) is 11.2 Å². The summed E-state index contributed by atoms with van der Waals surface area (Å²) in [5.41, 5.74) is 2.68. The number of nitrogens with one attached hydrogen (secondary N) is 1. The fourth-order valence-electron chi connectivity index (χ4n) is 3.81. The molecule has 152 valence electrons. The summed E-state index contributed by atoms with van der Waals surface area (Å²) in [5.74, 6) is -0.0960. The van der Waals surface area contributed by atoms with Gasteiger partial charge in [-0.1, -0.05) is 0 Å². The second-order valence-electron chi connectivity index (χ2n) is 7.00. The molecule has 1 saturated heterocycles. The van der Waals surface area contributed by atoms with Gasteiger partial charge in [-0.15, -0.1) is 0 Å². The number of amides is 1. The van der Waals surface area contributed by atoms with Crippen LogP contribution in [0, 0.1) is 15.9 Å². The molecule has 1 N–H and O–H groups in total. The number of nitrogens with zero attached hydrogens (tertiary/aromatic N) is 3. The molecule has 9 heteroatoms. The zero-order valence-corrected chi connectivity index (χ0v) is 15.8. The first kappa shape index (κ1) is 19.0. The molecular formula is C20H21FN4O4. The van der Waals surface area contributed by atoms with Crippen molar-refractivity contribution in [3.8, 4) is 5.75 Å². The average Bonchev–Trinajstić information content (AvgIpc) is 3.21. The van der Waals surface area contributed by atoms with E-state index in [1.165, 1.54) is 24.3 Å². The number of hydrogen-bond acceptors (Lipinski definition) is 6. The Morgan fingerprint density at radius 3 is 2.55 bits per heavy atom. The van der Waals surface area contributed by atoms with Gasteiger partial charge in [0.25, 0.3) is 11.6 Å². The van der Waals surface area contributed by atoms with Crippen LogP contribution in [0.5, 0.6) is 5.75 Å². The summed E-state index contributed by atoms with van der Waals surface area (Å²) in [6, 6.07) is 8.81. The number of piperazine rings is 1. The molecule has 0 radical (unpaired) electrons. The zero-order valence-electron chi connectivity index (χ0n) is 15.8. The van der Waals surface area contributed by atoms with Gasteiger partial charge in [-0.25, -0.2) is 4.39 Å². The Labute approximate surface area is 167 Å². The Bertz CT molecular complexity index is 927. The molecule has 0 saturated carbocycles. The summed E-state index contributed by atoms with van der Waals surface area (Å²) >= 11 is 0. The van der Waals surface area contributed by atoms with Crippen LogP contribution in [-0.4, -0.2) is 55.1 Å². The van der Waals surface area contributed by atoms with Crippen molar-refractivity contribution in [1.29, 1.82) is 0 Å². The molecular weight excluding hydrogens is 379 g/mol. The number of carbonyl (C=O) groups excluding carboxylic acids is 1. The third-order valence-electron chi connectivity index (χ3n) is 5.27. The molecule has 29 heavy (non-hydrogen) atoms. The van der Waals surface area contributed by atoms with E-state index in [1.54, 1.807) is 17.0 Å². The van der Waals surface area contributed by atoms with Gasteiger partial charge in [-0.3, -0.25) is 14.9 Å². The lowest BCUT2D eigenvalue weighted by molar-refractivity contribution is -0.384. The number of carbonyl (C=O) groups is 1. The van der Waals surface area contributed by atoms with Crippen LogP contribution in [0.4, 0.5) is 21.5 Å². The standard InChI is InChI=1S/C20H21FN4O4/c21-14-1-3-15(4-2-14)29-13-19(26)23-9-11-24(12-10-23)20-16-7-8-22-17(16)5-6-18(20)25(27)28/h1-6,22H,7-13H2. The first-order valence-electron chi connectivity index (χ1n) is 9.48. The van der Waals surface area contributed by atoms with Crippen molar-refractivity contribution < 1.29 is 18.8 Å². The monoisotopic (exact) mass is 400 g/mol. The quantitative estimate of drug-likeness (QED) is 0.613. The molecule has 2 aliphatic heterocycles. The third kappa shape index (κ3) is 3.94. The maximum absolute atomic E-state index is 12.9. The highest BCUT2D eigenvalue weighted by atomic mass is 19.1. The van der Waals surface area contributed by atoms with Crippen molar-refractivity contribution in [3.05, 3.63) is 57.9 Å². The van der Waals surface area contributed by atoms with Crippen molar-refractivity contribution >= 4 is 23.0 Å². The van der Waals surface area contributed by atoms with Gasteiger partial charge in [-0.05, 0) is 36.8 Å². The smallest absolute Gasteiger partial charge is 0.292 e. The fraction of sp³-hybridized carbons (Fsp3) is 0.350. The summed E-state index contributed by atoms with van der Waals surface area (Å²) in [6.45, 7) is 2.58. The number of hydrogen-bond donors (Lipinski definition) is 1. The van der Waals surface area contributed by atoms with Crippen LogP contribution in [0.1, 0.15) is 5.56 Å². The molecule has 2 aromatic carbocycles. The van der Waals surface area contributed by atoms with E-state index in [4.69, 9.17) is 4.74 Å². The maximum atomic E-state index is 12.9. The molecule has 0 bridgehead atoms. The average molecular weight is 400 g/mol. The lowest BCUT2D eigenvalue weighted by atomic mass is 10.1. The molecule has 0 aromatic heterocycles. The van der Waals surface area contributed by atoms with Gasteiger partial charge >= 0.3 is 0 Å². The largest absolute Gasteiger partial charge is 0.484 e. The summed E-state index contributed by atoms with van der Waals surface area (Å²) in [5, 5.41) is 14.8. The van der Waals surface area contributed by atoms with E-state index in [-0.39, 0.29) is 28.9 Å². The topological polar surface area (TPSA) is 88.0 Å². The van der Waals surface area contributed by atoms with Gasteiger partial charge in [0.1, 0.15) is 17.3 Å². The first-order valence-corrected chi connectivity index (χ1v) is 9.48. The fourth-order valence-corrected chi connectivity index (χ4v) is 3.81. The van der Waals surface area contributed by atoms with Gasteiger partial charge in [-0.2, -0.15) is 0 Å².